The van der Waals surface area contributed by atoms with Crippen molar-refractivity contribution < 1.29 is 9.84 Å². The molecule has 2 rings (SSSR count). The van der Waals surface area contributed by atoms with Crippen molar-refractivity contribution in [2.24, 2.45) is 17.3 Å². The third kappa shape index (κ3) is 4.44. The van der Waals surface area contributed by atoms with Crippen LogP contribution in [0.4, 0.5) is 0 Å². The van der Waals surface area contributed by atoms with Crippen LogP contribution in [0.5, 0.6) is 0 Å². The fourth-order valence-corrected chi connectivity index (χ4v) is 3.75. The minimum atomic E-state index is 0.173. The van der Waals surface area contributed by atoms with Gasteiger partial charge in [0.15, 0.2) is 0 Å². The summed E-state index contributed by atoms with van der Waals surface area (Å²) in [6.07, 6.45) is 7.36. The Bertz CT molecular complexity index is 255. The first kappa shape index (κ1) is 15.3. The van der Waals surface area contributed by atoms with Crippen LogP contribution in [0.1, 0.15) is 45.4 Å². The van der Waals surface area contributed by atoms with Crippen molar-refractivity contribution in [1.29, 1.82) is 0 Å². The fraction of sp³-hybridized carbons (Fsp3) is 1.00. The maximum Gasteiger partial charge on any atom is 0.0499 e. The largest absolute Gasteiger partial charge is 0.396 e. The average molecular weight is 269 g/mol. The predicted octanol–water partition coefficient (Wildman–Crippen LogP) is 2.53. The molecule has 19 heavy (non-hydrogen) atoms. The van der Waals surface area contributed by atoms with Gasteiger partial charge in [0, 0.05) is 38.3 Å². The highest BCUT2D eigenvalue weighted by Gasteiger charge is 2.34. The summed E-state index contributed by atoms with van der Waals surface area (Å²) in [5.74, 6) is 1.64. The van der Waals surface area contributed by atoms with Gasteiger partial charge >= 0.3 is 0 Å². The van der Waals surface area contributed by atoms with E-state index in [4.69, 9.17) is 4.74 Å². The summed E-state index contributed by atoms with van der Waals surface area (Å²) < 4.78 is 5.43. The normalized spacial score (nSPS) is 33.8. The van der Waals surface area contributed by atoms with E-state index in [1.54, 1.807) is 0 Å². The molecule has 0 spiro atoms. The van der Waals surface area contributed by atoms with Crippen molar-refractivity contribution in [2.45, 2.75) is 45.4 Å². The van der Waals surface area contributed by atoms with Gasteiger partial charge in [-0.2, -0.15) is 0 Å². The molecule has 0 bridgehead atoms. The van der Waals surface area contributed by atoms with Crippen molar-refractivity contribution in [3.05, 3.63) is 0 Å². The summed E-state index contributed by atoms with van der Waals surface area (Å²) in [6.45, 7) is 6.79. The number of aliphatic hydroxyl groups excluding tert-OH is 1. The Labute approximate surface area is 118 Å². The van der Waals surface area contributed by atoms with Crippen molar-refractivity contribution in [1.82, 2.24) is 4.90 Å². The van der Waals surface area contributed by atoms with Gasteiger partial charge in [-0.05, 0) is 44.6 Å². The Balaban J connectivity index is 1.80. The van der Waals surface area contributed by atoms with E-state index in [2.05, 4.69) is 18.9 Å². The lowest BCUT2D eigenvalue weighted by Gasteiger charge is -2.41. The summed E-state index contributed by atoms with van der Waals surface area (Å²) in [5.41, 5.74) is 0.173. The third-order valence-corrected chi connectivity index (χ3v) is 5.19. The van der Waals surface area contributed by atoms with Crippen LogP contribution in [0, 0.1) is 17.3 Å². The smallest absolute Gasteiger partial charge is 0.0499 e. The van der Waals surface area contributed by atoms with Crippen LogP contribution in [0.25, 0.3) is 0 Å². The van der Waals surface area contributed by atoms with Crippen molar-refractivity contribution in [2.75, 3.05) is 40.0 Å². The Morgan fingerprint density at radius 1 is 1.16 bits per heavy atom. The molecule has 0 atom stereocenters. The van der Waals surface area contributed by atoms with E-state index >= 15 is 0 Å². The summed E-state index contributed by atoms with van der Waals surface area (Å²) >= 11 is 0. The zero-order valence-electron chi connectivity index (χ0n) is 12.7. The lowest BCUT2D eigenvalue weighted by molar-refractivity contribution is 0.0186. The summed E-state index contributed by atoms with van der Waals surface area (Å²) in [6, 6.07) is 0. The van der Waals surface area contributed by atoms with Gasteiger partial charge < -0.3 is 14.7 Å². The molecule has 0 amide bonds. The molecule has 2 aliphatic rings. The first-order valence-corrected chi connectivity index (χ1v) is 8.01. The maximum absolute atomic E-state index is 9.84. The minimum absolute atomic E-state index is 0.173. The number of hydrogen-bond donors (Lipinski definition) is 1. The highest BCUT2D eigenvalue weighted by atomic mass is 16.5. The van der Waals surface area contributed by atoms with Gasteiger partial charge in [0.1, 0.15) is 0 Å². The molecule has 0 unspecified atom stereocenters. The average Bonchev–Trinajstić information content (AvgIpc) is 2.43. The molecule has 3 heteroatoms. The Morgan fingerprint density at radius 3 is 2.37 bits per heavy atom. The van der Waals surface area contributed by atoms with E-state index in [1.165, 1.54) is 45.1 Å². The van der Waals surface area contributed by atoms with Gasteiger partial charge in [-0.1, -0.05) is 19.8 Å². The first-order valence-electron chi connectivity index (χ1n) is 8.01. The number of aliphatic hydroxyl groups is 1. The lowest BCUT2D eigenvalue weighted by Crippen LogP contribution is -2.43. The zero-order valence-corrected chi connectivity index (χ0v) is 12.7. The van der Waals surface area contributed by atoms with Gasteiger partial charge in [-0.3, -0.25) is 0 Å². The molecule has 0 radical (unpaired) electrons. The predicted molar refractivity (Wildman–Crippen MR) is 78.2 cm³/mol. The highest BCUT2D eigenvalue weighted by Crippen LogP contribution is 2.39. The van der Waals surface area contributed by atoms with Crippen LogP contribution in [0.3, 0.4) is 0 Å². The van der Waals surface area contributed by atoms with E-state index in [1.807, 2.05) is 0 Å². The molecule has 1 aliphatic carbocycles. The highest BCUT2D eigenvalue weighted by molar-refractivity contribution is 4.87. The summed E-state index contributed by atoms with van der Waals surface area (Å²) in [7, 11) is 2.23. The quantitative estimate of drug-likeness (QED) is 0.832. The number of hydrogen-bond acceptors (Lipinski definition) is 3. The maximum atomic E-state index is 9.84. The van der Waals surface area contributed by atoms with Crippen LogP contribution >= 0.6 is 0 Å². The number of nitrogens with zero attached hydrogens (tertiary/aromatic N) is 1. The Hall–Kier alpha value is -0.120. The van der Waals surface area contributed by atoms with E-state index in [0.29, 0.717) is 6.61 Å². The molecular weight excluding hydrogens is 238 g/mol. The van der Waals surface area contributed by atoms with E-state index in [-0.39, 0.29) is 5.41 Å². The van der Waals surface area contributed by atoms with Crippen LogP contribution in [0.2, 0.25) is 0 Å². The van der Waals surface area contributed by atoms with Crippen LogP contribution in [-0.4, -0.2) is 50.0 Å². The van der Waals surface area contributed by atoms with Gasteiger partial charge in [0.05, 0.1) is 0 Å². The van der Waals surface area contributed by atoms with E-state index in [9.17, 15) is 5.11 Å². The van der Waals surface area contributed by atoms with Crippen LogP contribution in [-0.2, 0) is 4.74 Å². The second-order valence-corrected chi connectivity index (χ2v) is 7.09. The molecule has 0 aromatic carbocycles. The van der Waals surface area contributed by atoms with Crippen molar-refractivity contribution in [3.63, 3.8) is 0 Å². The fourth-order valence-electron chi connectivity index (χ4n) is 3.75. The molecule has 0 aromatic rings. The van der Waals surface area contributed by atoms with Crippen molar-refractivity contribution >= 4 is 0 Å². The summed E-state index contributed by atoms with van der Waals surface area (Å²) in [5, 5.41) is 9.84. The van der Waals surface area contributed by atoms with Gasteiger partial charge in [0.2, 0.25) is 0 Å². The minimum Gasteiger partial charge on any atom is -0.396 e. The molecule has 1 aliphatic heterocycles. The number of ether oxygens (including phenoxy) is 1. The monoisotopic (exact) mass is 269 g/mol. The van der Waals surface area contributed by atoms with E-state index in [0.717, 1.165) is 31.6 Å². The van der Waals surface area contributed by atoms with Gasteiger partial charge in [-0.15, -0.1) is 0 Å². The van der Waals surface area contributed by atoms with Crippen LogP contribution in [0.15, 0.2) is 0 Å². The van der Waals surface area contributed by atoms with Crippen LogP contribution < -0.4 is 0 Å². The summed E-state index contributed by atoms with van der Waals surface area (Å²) in [4.78, 5) is 2.46. The lowest BCUT2D eigenvalue weighted by atomic mass is 9.71. The molecule has 3 nitrogen and oxygen atoms in total. The first-order chi connectivity index (χ1) is 9.13. The molecule has 112 valence electrons. The molecule has 0 aromatic heterocycles. The SMILES string of the molecule is CC1CCC(CO)(CN(C)CC2CCOCC2)CC1. The second kappa shape index (κ2) is 7.05. The molecule has 1 saturated heterocycles. The zero-order chi connectivity index (χ0) is 13.7. The molecule has 1 N–H and O–H groups in total. The standard InChI is InChI=1S/C16H31NO2/c1-14-3-7-16(13-18,8-4-14)12-17(2)11-15-5-9-19-10-6-15/h14-15,18H,3-13H2,1-2H3. The van der Waals surface area contributed by atoms with Gasteiger partial charge in [0.25, 0.3) is 0 Å². The topological polar surface area (TPSA) is 32.7 Å². The Kier molecular flexibility index (Phi) is 5.67. The Morgan fingerprint density at radius 2 is 1.79 bits per heavy atom. The molecule has 1 saturated carbocycles. The molecular formula is C16H31NO2. The molecule has 1 heterocycles. The second-order valence-electron chi connectivity index (χ2n) is 7.09. The van der Waals surface area contributed by atoms with Gasteiger partial charge in [-0.25, -0.2) is 0 Å². The van der Waals surface area contributed by atoms with E-state index < -0.39 is 0 Å². The van der Waals surface area contributed by atoms with Crippen molar-refractivity contribution in [3.8, 4) is 0 Å². The number of rotatable bonds is 5. The molecule has 2 fully saturated rings. The third-order valence-electron chi connectivity index (χ3n) is 5.19.